The average Bonchev–Trinajstić information content (AvgIpc) is 3.18. The van der Waals surface area contributed by atoms with Crippen molar-refractivity contribution in [3.8, 4) is 6.07 Å². The lowest BCUT2D eigenvalue weighted by Crippen LogP contribution is -2.34. The first-order valence-corrected chi connectivity index (χ1v) is 7.45. The Balaban J connectivity index is 2.43. The molecule has 1 aromatic rings. The number of nitrogens with two attached hydrogens (primary N) is 1. The molecule has 1 saturated carbocycles. The first-order valence-electron chi connectivity index (χ1n) is 6.01. The summed E-state index contributed by atoms with van der Waals surface area (Å²) in [5.74, 6) is -2.18. The fraction of sp³-hybridized carbons (Fsp3) is 0.417. The normalized spacial score (nSPS) is 15.3. The van der Waals surface area contributed by atoms with E-state index >= 15 is 0 Å². The van der Waals surface area contributed by atoms with Gasteiger partial charge in [0.25, 0.3) is 0 Å². The van der Waals surface area contributed by atoms with Gasteiger partial charge in [0.15, 0.2) is 0 Å². The molecule has 1 aliphatic carbocycles. The SMILES string of the molecule is N#CCCN(C1CC1)S(=O)(=O)c1cc(N)c(F)cc1F. The van der Waals surface area contributed by atoms with Gasteiger partial charge in [0.05, 0.1) is 11.8 Å². The van der Waals surface area contributed by atoms with Crippen LogP contribution in [0.5, 0.6) is 0 Å². The number of halogens is 2. The zero-order valence-corrected chi connectivity index (χ0v) is 11.3. The van der Waals surface area contributed by atoms with Gasteiger partial charge >= 0.3 is 0 Å². The standard InChI is InChI=1S/C12H13F2N3O2S/c13-9-6-10(14)12(7-11(9)16)20(18,19)17(5-1-4-15)8-2-3-8/h6-8H,1-3,5,16H2. The Kier molecular flexibility index (Phi) is 3.92. The molecule has 0 heterocycles. The molecule has 0 amide bonds. The molecule has 0 aromatic heterocycles. The Bertz CT molecular complexity index is 666. The fourth-order valence-corrected chi connectivity index (χ4v) is 3.66. The predicted octanol–water partition coefficient (Wildman–Crippen LogP) is 1.61. The lowest BCUT2D eigenvalue weighted by Gasteiger charge is -2.21. The molecule has 5 nitrogen and oxygen atoms in total. The van der Waals surface area contributed by atoms with E-state index in [1.807, 2.05) is 6.07 Å². The third kappa shape index (κ3) is 2.73. The number of nitrogens with zero attached hydrogens (tertiary/aromatic N) is 2. The van der Waals surface area contributed by atoms with Crippen LogP contribution in [0, 0.1) is 23.0 Å². The topological polar surface area (TPSA) is 87.2 Å². The summed E-state index contributed by atoms with van der Waals surface area (Å²) in [6.07, 6.45) is 1.35. The minimum Gasteiger partial charge on any atom is -0.396 e. The molecule has 1 aromatic carbocycles. The van der Waals surface area contributed by atoms with Gasteiger partial charge in [-0.25, -0.2) is 17.2 Å². The summed E-state index contributed by atoms with van der Waals surface area (Å²) >= 11 is 0. The number of sulfonamides is 1. The second kappa shape index (κ2) is 5.34. The van der Waals surface area contributed by atoms with Gasteiger partial charge in [-0.1, -0.05) is 0 Å². The van der Waals surface area contributed by atoms with Crippen LogP contribution in [0.1, 0.15) is 19.3 Å². The maximum absolute atomic E-state index is 13.7. The monoisotopic (exact) mass is 301 g/mol. The van der Waals surface area contributed by atoms with Gasteiger partial charge in [-0.15, -0.1) is 0 Å². The Morgan fingerprint density at radius 1 is 1.35 bits per heavy atom. The van der Waals surface area contributed by atoms with Gasteiger partial charge in [0.1, 0.15) is 16.5 Å². The summed E-state index contributed by atoms with van der Waals surface area (Å²) in [4.78, 5) is -0.652. The van der Waals surface area contributed by atoms with Crippen LogP contribution in [-0.4, -0.2) is 25.3 Å². The molecule has 2 rings (SSSR count). The molecule has 0 atom stereocenters. The lowest BCUT2D eigenvalue weighted by molar-refractivity contribution is 0.407. The van der Waals surface area contributed by atoms with Gasteiger partial charge in [-0.2, -0.15) is 9.57 Å². The van der Waals surface area contributed by atoms with E-state index in [9.17, 15) is 17.2 Å². The van der Waals surface area contributed by atoms with Gasteiger partial charge in [-0.3, -0.25) is 0 Å². The Hall–Kier alpha value is -1.72. The molecule has 108 valence electrons. The Morgan fingerprint density at radius 3 is 2.55 bits per heavy atom. The van der Waals surface area contributed by atoms with Crippen LogP contribution in [0.4, 0.5) is 14.5 Å². The van der Waals surface area contributed by atoms with Crippen LogP contribution in [0.25, 0.3) is 0 Å². The highest BCUT2D eigenvalue weighted by Crippen LogP contribution is 2.33. The molecule has 20 heavy (non-hydrogen) atoms. The van der Waals surface area contributed by atoms with Crippen molar-refractivity contribution in [1.82, 2.24) is 4.31 Å². The Labute approximate surface area is 115 Å². The van der Waals surface area contributed by atoms with E-state index in [-0.39, 0.29) is 19.0 Å². The van der Waals surface area contributed by atoms with Crippen LogP contribution in [0.15, 0.2) is 17.0 Å². The molecular weight excluding hydrogens is 288 g/mol. The molecule has 0 radical (unpaired) electrons. The van der Waals surface area contributed by atoms with Crippen molar-refractivity contribution in [2.45, 2.75) is 30.2 Å². The summed E-state index contributed by atoms with van der Waals surface area (Å²) < 4.78 is 52.7. The molecule has 0 unspecified atom stereocenters. The van der Waals surface area contributed by atoms with Crippen molar-refractivity contribution < 1.29 is 17.2 Å². The van der Waals surface area contributed by atoms with Crippen LogP contribution >= 0.6 is 0 Å². The number of hydrogen-bond donors (Lipinski definition) is 1. The van der Waals surface area contributed by atoms with Crippen molar-refractivity contribution in [3.05, 3.63) is 23.8 Å². The zero-order valence-electron chi connectivity index (χ0n) is 10.5. The van der Waals surface area contributed by atoms with Crippen molar-refractivity contribution in [2.75, 3.05) is 12.3 Å². The van der Waals surface area contributed by atoms with Gasteiger partial charge in [0, 0.05) is 25.1 Å². The van der Waals surface area contributed by atoms with E-state index in [4.69, 9.17) is 11.0 Å². The number of hydrogen-bond acceptors (Lipinski definition) is 4. The van der Waals surface area contributed by atoms with E-state index in [0.29, 0.717) is 18.9 Å². The van der Waals surface area contributed by atoms with Crippen LogP contribution < -0.4 is 5.73 Å². The third-order valence-corrected chi connectivity index (χ3v) is 5.00. The van der Waals surface area contributed by atoms with E-state index in [0.717, 1.165) is 10.4 Å². The predicted molar refractivity (Wildman–Crippen MR) is 67.9 cm³/mol. The van der Waals surface area contributed by atoms with Gasteiger partial charge in [-0.05, 0) is 18.9 Å². The van der Waals surface area contributed by atoms with E-state index < -0.39 is 32.2 Å². The van der Waals surface area contributed by atoms with Crippen molar-refractivity contribution in [3.63, 3.8) is 0 Å². The summed E-state index contributed by atoms with van der Waals surface area (Å²) in [5, 5.41) is 8.57. The van der Waals surface area contributed by atoms with Crippen molar-refractivity contribution in [2.24, 2.45) is 0 Å². The van der Waals surface area contributed by atoms with E-state index in [2.05, 4.69) is 0 Å². The quantitative estimate of drug-likeness (QED) is 0.837. The molecule has 1 aliphatic rings. The molecule has 0 aliphatic heterocycles. The molecule has 0 bridgehead atoms. The second-order valence-corrected chi connectivity index (χ2v) is 6.42. The highest BCUT2D eigenvalue weighted by molar-refractivity contribution is 7.89. The number of anilines is 1. The van der Waals surface area contributed by atoms with Crippen molar-refractivity contribution >= 4 is 15.7 Å². The molecule has 0 spiro atoms. The highest BCUT2D eigenvalue weighted by atomic mass is 32.2. The first-order chi connectivity index (χ1) is 9.37. The first kappa shape index (κ1) is 14.7. The zero-order chi connectivity index (χ0) is 14.9. The number of rotatable bonds is 5. The number of benzene rings is 1. The maximum atomic E-state index is 13.7. The number of nitriles is 1. The van der Waals surface area contributed by atoms with Crippen LogP contribution in [0.3, 0.4) is 0 Å². The minimum atomic E-state index is -4.12. The fourth-order valence-electron chi connectivity index (χ4n) is 1.89. The molecule has 2 N–H and O–H groups in total. The second-order valence-electron chi connectivity index (χ2n) is 4.56. The van der Waals surface area contributed by atoms with E-state index in [1.54, 1.807) is 0 Å². The lowest BCUT2D eigenvalue weighted by atomic mass is 10.3. The third-order valence-electron chi connectivity index (χ3n) is 3.04. The summed E-state index contributed by atoms with van der Waals surface area (Å²) in [6, 6.07) is 2.87. The van der Waals surface area contributed by atoms with Gasteiger partial charge < -0.3 is 5.73 Å². The molecule has 1 fully saturated rings. The molecule has 0 saturated heterocycles. The largest absolute Gasteiger partial charge is 0.396 e. The maximum Gasteiger partial charge on any atom is 0.246 e. The van der Waals surface area contributed by atoms with Crippen LogP contribution in [-0.2, 0) is 10.0 Å². The summed E-state index contributed by atoms with van der Waals surface area (Å²) in [6.45, 7) is -0.0137. The van der Waals surface area contributed by atoms with Crippen molar-refractivity contribution in [1.29, 1.82) is 5.26 Å². The van der Waals surface area contributed by atoms with E-state index in [1.165, 1.54) is 0 Å². The minimum absolute atomic E-state index is 0.00796. The summed E-state index contributed by atoms with van der Waals surface area (Å²) in [5.41, 5.74) is 4.87. The number of nitrogen functional groups attached to an aromatic ring is 1. The molecule has 8 heteroatoms. The molecular formula is C12H13F2N3O2S. The Morgan fingerprint density at radius 2 is 2.00 bits per heavy atom. The summed E-state index contributed by atoms with van der Waals surface area (Å²) in [7, 11) is -4.12. The highest BCUT2D eigenvalue weighted by Gasteiger charge is 2.39. The smallest absolute Gasteiger partial charge is 0.246 e. The average molecular weight is 301 g/mol. The van der Waals surface area contributed by atoms with Gasteiger partial charge in [0.2, 0.25) is 10.0 Å². The van der Waals surface area contributed by atoms with Crippen LogP contribution in [0.2, 0.25) is 0 Å².